The molecular formula is C13H20BrN3O. The summed E-state index contributed by atoms with van der Waals surface area (Å²) < 4.78 is 6.48. The molecule has 2 heterocycles. The zero-order chi connectivity index (χ0) is 13.2. The Kier molecular flexibility index (Phi) is 4.22. The summed E-state index contributed by atoms with van der Waals surface area (Å²) in [6, 6.07) is 1.99. The van der Waals surface area contributed by atoms with E-state index in [4.69, 9.17) is 4.74 Å². The maximum Gasteiger partial charge on any atom is 0.133 e. The van der Waals surface area contributed by atoms with Gasteiger partial charge in [-0.15, -0.1) is 0 Å². The molecule has 1 aliphatic heterocycles. The van der Waals surface area contributed by atoms with Gasteiger partial charge in [0.05, 0.1) is 5.60 Å². The zero-order valence-corrected chi connectivity index (χ0v) is 12.8. The van der Waals surface area contributed by atoms with Crippen LogP contribution in [0.3, 0.4) is 0 Å². The first-order valence-corrected chi connectivity index (χ1v) is 7.19. The number of aromatic nitrogens is 2. The summed E-state index contributed by atoms with van der Waals surface area (Å²) in [5.41, 5.74) is -0.0674. The average Bonchev–Trinajstić information content (AvgIpc) is 2.38. The summed E-state index contributed by atoms with van der Waals surface area (Å²) in [5.74, 6) is 1.88. The van der Waals surface area contributed by atoms with Crippen LogP contribution in [0.15, 0.2) is 10.7 Å². The lowest BCUT2D eigenvalue weighted by Gasteiger charge is -2.40. The van der Waals surface area contributed by atoms with Gasteiger partial charge in [0, 0.05) is 32.7 Å². The van der Waals surface area contributed by atoms with Crippen LogP contribution < -0.4 is 4.90 Å². The van der Waals surface area contributed by atoms with Crippen molar-refractivity contribution in [1.29, 1.82) is 0 Å². The Balaban J connectivity index is 2.23. The summed E-state index contributed by atoms with van der Waals surface area (Å²) in [4.78, 5) is 11.2. The molecule has 1 aromatic rings. The Bertz CT molecular complexity index is 427. The number of ether oxygens (including phenoxy) is 1. The molecule has 1 saturated heterocycles. The van der Waals surface area contributed by atoms with E-state index in [1.54, 1.807) is 7.11 Å². The normalized spacial score (nSPS) is 24.3. The second-order valence-corrected chi connectivity index (χ2v) is 5.81. The molecule has 4 nitrogen and oxygen atoms in total. The lowest BCUT2D eigenvalue weighted by molar-refractivity contribution is -0.00483. The van der Waals surface area contributed by atoms with Crippen LogP contribution >= 0.6 is 15.9 Å². The molecule has 1 atom stereocenters. The molecular weight excluding hydrogens is 294 g/mol. The van der Waals surface area contributed by atoms with Crippen LogP contribution in [0.4, 0.5) is 5.82 Å². The number of halogens is 1. The maximum absolute atomic E-state index is 5.62. The summed E-state index contributed by atoms with van der Waals surface area (Å²) in [5, 5.41) is 0. The van der Waals surface area contributed by atoms with E-state index >= 15 is 0 Å². The zero-order valence-electron chi connectivity index (χ0n) is 11.2. The highest BCUT2D eigenvalue weighted by atomic mass is 79.9. The minimum atomic E-state index is -0.0674. The van der Waals surface area contributed by atoms with Crippen molar-refractivity contribution in [1.82, 2.24) is 9.97 Å². The number of hydrogen-bond acceptors (Lipinski definition) is 4. The van der Waals surface area contributed by atoms with Crippen molar-refractivity contribution in [3.05, 3.63) is 16.5 Å². The van der Waals surface area contributed by atoms with Gasteiger partial charge in [0.25, 0.3) is 0 Å². The summed E-state index contributed by atoms with van der Waals surface area (Å²) in [6.45, 7) is 6.15. The third-order valence-electron chi connectivity index (χ3n) is 3.52. The van der Waals surface area contributed by atoms with Crippen molar-refractivity contribution in [2.45, 2.75) is 38.7 Å². The van der Waals surface area contributed by atoms with E-state index in [0.29, 0.717) is 0 Å². The number of rotatable bonds is 3. The molecule has 0 spiro atoms. The number of methoxy groups -OCH3 is 1. The monoisotopic (exact) mass is 313 g/mol. The van der Waals surface area contributed by atoms with E-state index in [-0.39, 0.29) is 5.60 Å². The second-order valence-electron chi connectivity index (χ2n) is 5.00. The highest BCUT2D eigenvalue weighted by molar-refractivity contribution is 9.10. The van der Waals surface area contributed by atoms with E-state index in [9.17, 15) is 0 Å². The van der Waals surface area contributed by atoms with Gasteiger partial charge >= 0.3 is 0 Å². The molecule has 2 rings (SSSR count). The molecule has 0 N–H and O–H groups in total. The van der Waals surface area contributed by atoms with Crippen molar-refractivity contribution in [3.63, 3.8) is 0 Å². The maximum atomic E-state index is 5.62. The van der Waals surface area contributed by atoms with Crippen LogP contribution in [0.5, 0.6) is 0 Å². The van der Waals surface area contributed by atoms with E-state index in [0.717, 1.165) is 48.6 Å². The fourth-order valence-corrected chi connectivity index (χ4v) is 2.75. The second kappa shape index (κ2) is 5.53. The van der Waals surface area contributed by atoms with Crippen LogP contribution in [0.1, 0.15) is 32.5 Å². The fourth-order valence-electron chi connectivity index (χ4n) is 2.34. The number of nitrogens with zero attached hydrogens (tertiary/aromatic N) is 3. The van der Waals surface area contributed by atoms with Crippen LogP contribution in [0, 0.1) is 0 Å². The molecule has 1 aliphatic rings. The first kappa shape index (κ1) is 13.7. The average molecular weight is 314 g/mol. The van der Waals surface area contributed by atoms with Gasteiger partial charge < -0.3 is 9.64 Å². The molecule has 0 saturated carbocycles. The number of hydrogen-bond donors (Lipinski definition) is 0. The van der Waals surface area contributed by atoms with Gasteiger partial charge in [-0.2, -0.15) is 0 Å². The van der Waals surface area contributed by atoms with Gasteiger partial charge in [-0.1, -0.05) is 6.92 Å². The van der Waals surface area contributed by atoms with Gasteiger partial charge in [-0.25, -0.2) is 9.97 Å². The van der Waals surface area contributed by atoms with Gasteiger partial charge in [0.1, 0.15) is 16.2 Å². The Morgan fingerprint density at radius 3 is 2.94 bits per heavy atom. The molecule has 1 aromatic heterocycles. The Hall–Kier alpha value is -0.680. The van der Waals surface area contributed by atoms with Crippen LogP contribution in [0.2, 0.25) is 0 Å². The molecule has 1 fully saturated rings. The first-order chi connectivity index (χ1) is 8.56. The van der Waals surface area contributed by atoms with Crippen molar-refractivity contribution in [3.8, 4) is 0 Å². The van der Waals surface area contributed by atoms with Crippen molar-refractivity contribution in [2.24, 2.45) is 0 Å². The predicted octanol–water partition coefficient (Wildman–Crippen LogP) is 2.81. The van der Waals surface area contributed by atoms with Crippen LogP contribution in [-0.4, -0.2) is 35.8 Å². The molecule has 0 bridgehead atoms. The van der Waals surface area contributed by atoms with E-state index in [1.165, 1.54) is 0 Å². The highest BCUT2D eigenvalue weighted by Gasteiger charge is 2.31. The topological polar surface area (TPSA) is 38.2 Å². The molecule has 0 aromatic carbocycles. The molecule has 1 unspecified atom stereocenters. The standard InChI is InChI=1S/C13H20BrN3O/c1-4-11-15-10(14)8-12(16-11)17-7-5-6-13(2,9-17)18-3/h8H,4-7,9H2,1-3H3. The lowest BCUT2D eigenvalue weighted by Crippen LogP contribution is -2.47. The van der Waals surface area contributed by atoms with Gasteiger partial charge in [-0.3, -0.25) is 0 Å². The minimum Gasteiger partial charge on any atom is -0.377 e. The van der Waals surface area contributed by atoms with E-state index in [1.807, 2.05) is 6.07 Å². The smallest absolute Gasteiger partial charge is 0.133 e. The predicted molar refractivity (Wildman–Crippen MR) is 76.0 cm³/mol. The van der Waals surface area contributed by atoms with Gasteiger partial charge in [0.2, 0.25) is 0 Å². The molecule has 0 radical (unpaired) electrons. The summed E-state index contributed by atoms with van der Waals surface area (Å²) in [6.07, 6.45) is 3.09. The highest BCUT2D eigenvalue weighted by Crippen LogP contribution is 2.28. The van der Waals surface area contributed by atoms with Gasteiger partial charge in [0.15, 0.2) is 0 Å². The first-order valence-electron chi connectivity index (χ1n) is 6.40. The third-order valence-corrected chi connectivity index (χ3v) is 3.93. The number of anilines is 1. The SMILES string of the molecule is CCc1nc(Br)cc(N2CCCC(C)(OC)C2)n1. The van der Waals surface area contributed by atoms with E-state index < -0.39 is 0 Å². The van der Waals surface area contributed by atoms with Gasteiger partial charge in [-0.05, 0) is 35.7 Å². The van der Waals surface area contributed by atoms with Crippen molar-refractivity contribution in [2.75, 3.05) is 25.1 Å². The van der Waals surface area contributed by atoms with Crippen LogP contribution in [-0.2, 0) is 11.2 Å². The molecule has 0 amide bonds. The van der Waals surface area contributed by atoms with E-state index in [2.05, 4.69) is 44.6 Å². The molecule has 18 heavy (non-hydrogen) atoms. The lowest BCUT2D eigenvalue weighted by atomic mass is 9.95. The fraction of sp³-hybridized carbons (Fsp3) is 0.692. The molecule has 100 valence electrons. The summed E-state index contributed by atoms with van der Waals surface area (Å²) >= 11 is 3.46. The Morgan fingerprint density at radius 2 is 2.28 bits per heavy atom. The quantitative estimate of drug-likeness (QED) is 0.804. The number of aryl methyl sites for hydroxylation is 1. The van der Waals surface area contributed by atoms with Crippen molar-refractivity contribution < 1.29 is 4.74 Å². The Labute approximate surface area is 117 Å². The van der Waals surface area contributed by atoms with Crippen molar-refractivity contribution >= 4 is 21.7 Å². The summed E-state index contributed by atoms with van der Waals surface area (Å²) in [7, 11) is 1.79. The largest absolute Gasteiger partial charge is 0.377 e. The Morgan fingerprint density at radius 1 is 1.50 bits per heavy atom. The van der Waals surface area contributed by atoms with Crippen LogP contribution in [0.25, 0.3) is 0 Å². The molecule has 5 heteroatoms. The molecule has 0 aliphatic carbocycles. The third kappa shape index (κ3) is 3.01. The minimum absolute atomic E-state index is 0.0674. The number of piperidine rings is 1.